The molecule has 1 aromatic carbocycles. The summed E-state index contributed by atoms with van der Waals surface area (Å²) >= 11 is 7.37. The third kappa shape index (κ3) is 3.61. The summed E-state index contributed by atoms with van der Waals surface area (Å²) in [5.74, 6) is 0.169. The number of rotatable bonds is 3. The van der Waals surface area contributed by atoms with Crippen LogP contribution in [0.2, 0.25) is 5.02 Å². The first-order valence-electron chi connectivity index (χ1n) is 6.96. The normalized spacial score (nSPS) is 15.9. The molecule has 3 rings (SSSR count). The van der Waals surface area contributed by atoms with Crippen LogP contribution in [0.4, 0.5) is 5.13 Å². The van der Waals surface area contributed by atoms with Crippen LogP contribution in [0.3, 0.4) is 0 Å². The first kappa shape index (κ1) is 14.5. The van der Waals surface area contributed by atoms with Gasteiger partial charge in [0, 0.05) is 17.1 Å². The average molecular weight is 322 g/mol. The predicted octanol–water partition coefficient (Wildman–Crippen LogP) is 3.40. The van der Waals surface area contributed by atoms with Crippen molar-refractivity contribution in [2.75, 3.05) is 18.4 Å². The number of carbonyl (C=O) groups excluding carboxylic acids is 1. The Bertz CT molecular complexity index is 620. The number of anilines is 1. The summed E-state index contributed by atoms with van der Waals surface area (Å²) in [7, 11) is 0. The summed E-state index contributed by atoms with van der Waals surface area (Å²) in [5, 5.41) is 7.55. The number of aromatic nitrogens is 1. The summed E-state index contributed by atoms with van der Waals surface area (Å²) in [6, 6.07) is 7.61. The first-order valence-corrected chi connectivity index (χ1v) is 8.15. The van der Waals surface area contributed by atoms with Gasteiger partial charge in [-0.3, -0.25) is 4.79 Å². The molecule has 0 bridgehead atoms. The van der Waals surface area contributed by atoms with E-state index >= 15 is 0 Å². The maximum absolute atomic E-state index is 12.2. The van der Waals surface area contributed by atoms with Gasteiger partial charge in [0.25, 0.3) is 0 Å². The number of carbonyl (C=O) groups is 1. The zero-order chi connectivity index (χ0) is 14.7. The number of hydrogen-bond donors (Lipinski definition) is 2. The Morgan fingerprint density at radius 1 is 1.29 bits per heavy atom. The molecule has 0 spiro atoms. The number of nitrogens with zero attached hydrogens (tertiary/aromatic N) is 1. The second kappa shape index (κ2) is 6.56. The van der Waals surface area contributed by atoms with Crippen molar-refractivity contribution in [3.63, 3.8) is 0 Å². The molecule has 0 unspecified atom stereocenters. The van der Waals surface area contributed by atoms with Crippen LogP contribution in [0.15, 0.2) is 30.5 Å². The summed E-state index contributed by atoms with van der Waals surface area (Å²) in [5.41, 5.74) is 1.05. The number of amides is 1. The standard InChI is InChI=1S/C15H16ClN3OS/c16-12-3-1-10(2-4-12)13-9-18-15(21-13)19-14(20)11-5-7-17-8-6-11/h1-4,9,11,17H,5-8H2,(H,18,19,20). The maximum Gasteiger partial charge on any atom is 0.229 e. The second-order valence-electron chi connectivity index (χ2n) is 5.05. The molecule has 0 aliphatic carbocycles. The molecule has 4 nitrogen and oxygen atoms in total. The molecular weight excluding hydrogens is 306 g/mol. The molecule has 1 saturated heterocycles. The zero-order valence-corrected chi connectivity index (χ0v) is 13.0. The number of halogens is 1. The van der Waals surface area contributed by atoms with Crippen molar-refractivity contribution in [2.24, 2.45) is 5.92 Å². The van der Waals surface area contributed by atoms with Gasteiger partial charge in [0.15, 0.2) is 5.13 Å². The van der Waals surface area contributed by atoms with Crippen molar-refractivity contribution < 1.29 is 4.79 Å². The molecule has 6 heteroatoms. The summed E-state index contributed by atoms with van der Waals surface area (Å²) < 4.78 is 0. The Hall–Kier alpha value is -1.43. The number of nitrogens with one attached hydrogen (secondary N) is 2. The van der Waals surface area contributed by atoms with E-state index in [1.54, 1.807) is 6.20 Å². The van der Waals surface area contributed by atoms with Crippen molar-refractivity contribution in [2.45, 2.75) is 12.8 Å². The summed E-state index contributed by atoms with van der Waals surface area (Å²) in [6.45, 7) is 1.82. The van der Waals surface area contributed by atoms with Gasteiger partial charge in [-0.05, 0) is 43.6 Å². The van der Waals surface area contributed by atoms with E-state index in [1.165, 1.54) is 11.3 Å². The lowest BCUT2D eigenvalue weighted by Gasteiger charge is -2.20. The molecule has 1 amide bonds. The molecule has 1 fully saturated rings. The van der Waals surface area contributed by atoms with Crippen LogP contribution in [0.1, 0.15) is 12.8 Å². The molecular formula is C15H16ClN3OS. The van der Waals surface area contributed by atoms with E-state index < -0.39 is 0 Å². The van der Waals surface area contributed by atoms with Crippen LogP contribution in [-0.4, -0.2) is 24.0 Å². The first-order chi connectivity index (χ1) is 10.2. The highest BCUT2D eigenvalue weighted by atomic mass is 35.5. The molecule has 21 heavy (non-hydrogen) atoms. The van der Waals surface area contributed by atoms with Gasteiger partial charge in [-0.2, -0.15) is 0 Å². The summed E-state index contributed by atoms with van der Waals surface area (Å²) in [4.78, 5) is 17.5. The molecule has 2 N–H and O–H groups in total. The highest BCUT2D eigenvalue weighted by molar-refractivity contribution is 7.19. The fraction of sp³-hybridized carbons (Fsp3) is 0.333. The zero-order valence-electron chi connectivity index (χ0n) is 11.4. The Kier molecular flexibility index (Phi) is 4.53. The van der Waals surface area contributed by atoms with E-state index in [9.17, 15) is 4.79 Å². The minimum atomic E-state index is 0.0773. The number of benzene rings is 1. The summed E-state index contributed by atoms with van der Waals surface area (Å²) in [6.07, 6.45) is 3.56. The van der Waals surface area contributed by atoms with Gasteiger partial charge < -0.3 is 10.6 Å². The van der Waals surface area contributed by atoms with Gasteiger partial charge in [0.2, 0.25) is 5.91 Å². The lowest BCUT2D eigenvalue weighted by atomic mass is 9.97. The molecule has 1 aliphatic heterocycles. The van der Waals surface area contributed by atoms with Crippen molar-refractivity contribution in [3.05, 3.63) is 35.5 Å². The van der Waals surface area contributed by atoms with Gasteiger partial charge in [-0.1, -0.05) is 35.1 Å². The smallest absolute Gasteiger partial charge is 0.229 e. The number of piperidine rings is 1. The Labute approximate surface area is 132 Å². The van der Waals surface area contributed by atoms with E-state index in [1.807, 2.05) is 24.3 Å². The minimum absolute atomic E-state index is 0.0773. The van der Waals surface area contributed by atoms with Gasteiger partial charge in [0.05, 0.1) is 4.88 Å². The van der Waals surface area contributed by atoms with Crippen LogP contribution >= 0.6 is 22.9 Å². The van der Waals surface area contributed by atoms with E-state index in [4.69, 9.17) is 11.6 Å². The van der Waals surface area contributed by atoms with Gasteiger partial charge in [-0.15, -0.1) is 0 Å². The van der Waals surface area contributed by atoms with Crippen LogP contribution in [0.5, 0.6) is 0 Å². The highest BCUT2D eigenvalue weighted by Gasteiger charge is 2.21. The molecule has 0 radical (unpaired) electrons. The largest absolute Gasteiger partial charge is 0.317 e. The number of hydrogen-bond acceptors (Lipinski definition) is 4. The van der Waals surface area contributed by atoms with Crippen molar-refractivity contribution in [3.8, 4) is 10.4 Å². The van der Waals surface area contributed by atoms with E-state index in [0.29, 0.717) is 10.2 Å². The topological polar surface area (TPSA) is 54.0 Å². The lowest BCUT2D eigenvalue weighted by Crippen LogP contribution is -2.34. The molecule has 2 aromatic rings. The van der Waals surface area contributed by atoms with Gasteiger partial charge in [0.1, 0.15) is 0 Å². The molecule has 1 aromatic heterocycles. The van der Waals surface area contributed by atoms with Crippen LogP contribution in [0, 0.1) is 5.92 Å². The van der Waals surface area contributed by atoms with E-state index in [2.05, 4.69) is 15.6 Å². The van der Waals surface area contributed by atoms with Crippen molar-refractivity contribution in [1.82, 2.24) is 10.3 Å². The second-order valence-corrected chi connectivity index (χ2v) is 6.52. The number of thiazole rings is 1. The Balaban J connectivity index is 1.67. The fourth-order valence-corrected chi connectivity index (χ4v) is 3.32. The van der Waals surface area contributed by atoms with Gasteiger partial charge >= 0.3 is 0 Å². The molecule has 0 atom stereocenters. The van der Waals surface area contributed by atoms with E-state index in [0.717, 1.165) is 36.4 Å². The maximum atomic E-state index is 12.2. The van der Waals surface area contributed by atoms with Crippen LogP contribution < -0.4 is 10.6 Å². The van der Waals surface area contributed by atoms with Crippen molar-refractivity contribution >= 4 is 34.0 Å². The van der Waals surface area contributed by atoms with Crippen LogP contribution in [0.25, 0.3) is 10.4 Å². The lowest BCUT2D eigenvalue weighted by molar-refractivity contribution is -0.120. The third-order valence-electron chi connectivity index (χ3n) is 3.57. The van der Waals surface area contributed by atoms with Crippen molar-refractivity contribution in [1.29, 1.82) is 0 Å². The Morgan fingerprint density at radius 3 is 2.71 bits per heavy atom. The minimum Gasteiger partial charge on any atom is -0.317 e. The quantitative estimate of drug-likeness (QED) is 0.911. The molecule has 110 valence electrons. The Morgan fingerprint density at radius 2 is 2.00 bits per heavy atom. The predicted molar refractivity (Wildman–Crippen MR) is 86.8 cm³/mol. The monoisotopic (exact) mass is 321 g/mol. The highest BCUT2D eigenvalue weighted by Crippen LogP contribution is 2.30. The van der Waals surface area contributed by atoms with E-state index in [-0.39, 0.29) is 11.8 Å². The van der Waals surface area contributed by atoms with Gasteiger partial charge in [-0.25, -0.2) is 4.98 Å². The molecule has 1 aliphatic rings. The molecule has 0 saturated carbocycles. The fourth-order valence-electron chi connectivity index (χ4n) is 2.37. The molecule has 2 heterocycles. The van der Waals surface area contributed by atoms with Crippen LogP contribution in [-0.2, 0) is 4.79 Å². The average Bonchev–Trinajstić information content (AvgIpc) is 2.97. The SMILES string of the molecule is O=C(Nc1ncc(-c2ccc(Cl)cc2)s1)C1CCNCC1. The third-order valence-corrected chi connectivity index (χ3v) is 4.79.